The Bertz CT molecular complexity index is 1620. The van der Waals surface area contributed by atoms with Crippen LogP contribution in [0.15, 0.2) is 73.1 Å². The van der Waals surface area contributed by atoms with E-state index in [1.165, 1.54) is 0 Å². The lowest BCUT2D eigenvalue weighted by Crippen LogP contribution is -2.26. The van der Waals surface area contributed by atoms with Crippen molar-refractivity contribution in [2.24, 2.45) is 0 Å². The highest BCUT2D eigenvalue weighted by Gasteiger charge is 2.18. The van der Waals surface area contributed by atoms with E-state index < -0.39 is 0 Å². The van der Waals surface area contributed by atoms with Crippen LogP contribution in [0.4, 0.5) is 11.6 Å². The van der Waals surface area contributed by atoms with Gasteiger partial charge < -0.3 is 9.80 Å². The molecule has 0 spiro atoms. The fourth-order valence-corrected chi connectivity index (χ4v) is 5.24. The van der Waals surface area contributed by atoms with Gasteiger partial charge in [-0.1, -0.05) is 60.7 Å². The summed E-state index contributed by atoms with van der Waals surface area (Å²) >= 11 is 0. The van der Waals surface area contributed by atoms with Crippen molar-refractivity contribution in [2.75, 3.05) is 36.0 Å². The van der Waals surface area contributed by atoms with Gasteiger partial charge in [-0.05, 0) is 52.7 Å². The zero-order valence-corrected chi connectivity index (χ0v) is 25.2. The average Bonchev–Trinajstić information content (AvgIpc) is 3.66. The first-order valence-electron chi connectivity index (χ1n) is 14.5. The molecule has 0 aliphatic carbocycles. The Hall–Kier alpha value is -4.86. The van der Waals surface area contributed by atoms with Gasteiger partial charge in [0.15, 0.2) is 22.9 Å². The minimum Gasteiger partial charge on any atom is -0.355 e. The van der Waals surface area contributed by atoms with Crippen LogP contribution in [0.5, 0.6) is 0 Å². The molecule has 0 saturated carbocycles. The van der Waals surface area contributed by atoms with Crippen LogP contribution in [0.25, 0.3) is 33.5 Å². The first kappa shape index (κ1) is 28.7. The molecule has 6 rings (SSSR count). The number of rotatable bonds is 8. The molecule has 10 heteroatoms. The highest BCUT2D eigenvalue weighted by atomic mass is 15.4. The topological polar surface area (TPSA) is 92.6 Å². The van der Waals surface area contributed by atoms with Gasteiger partial charge in [0.1, 0.15) is 11.4 Å². The summed E-state index contributed by atoms with van der Waals surface area (Å²) in [5.74, 6) is 2.04. The third kappa shape index (κ3) is 5.39. The van der Waals surface area contributed by atoms with Crippen LogP contribution < -0.4 is 9.80 Å². The molecule has 0 unspecified atom stereocenters. The Morgan fingerprint density at radius 3 is 1.21 bits per heavy atom. The van der Waals surface area contributed by atoms with Crippen LogP contribution in [0, 0.1) is 13.8 Å². The van der Waals surface area contributed by atoms with Crippen LogP contribution in [-0.4, -0.2) is 65.8 Å². The Morgan fingerprint density at radius 2 is 0.881 bits per heavy atom. The molecule has 0 N–H and O–H groups in total. The third-order valence-corrected chi connectivity index (χ3v) is 7.42. The van der Waals surface area contributed by atoms with Gasteiger partial charge in [0, 0.05) is 37.3 Å². The summed E-state index contributed by atoms with van der Waals surface area (Å²) in [6.07, 6.45) is 3.73. The Morgan fingerprint density at radius 1 is 0.524 bits per heavy atom. The minimum atomic E-state index is 0.800. The lowest BCUT2D eigenvalue weighted by Gasteiger charge is -2.22. The van der Waals surface area contributed by atoms with Crippen molar-refractivity contribution in [3.05, 3.63) is 84.4 Å². The van der Waals surface area contributed by atoms with Gasteiger partial charge in [-0.25, -0.2) is 0 Å². The predicted octanol–water partition coefficient (Wildman–Crippen LogP) is 5.89. The zero-order chi connectivity index (χ0) is 29.6. The van der Waals surface area contributed by atoms with E-state index in [1.807, 2.05) is 71.7 Å². The number of hydrogen-bond acceptors (Lipinski definition) is 8. The largest absolute Gasteiger partial charge is 0.355 e. The van der Waals surface area contributed by atoms with Crippen LogP contribution in [0.1, 0.15) is 39.1 Å². The van der Waals surface area contributed by atoms with Crippen molar-refractivity contribution >= 4 is 22.9 Å². The first-order chi connectivity index (χ1) is 20.5. The molecule has 216 valence electrons. The second-order valence-corrected chi connectivity index (χ2v) is 9.88. The fraction of sp³-hybridized carbons (Fsp3) is 0.312. The van der Waals surface area contributed by atoms with Crippen molar-refractivity contribution < 1.29 is 0 Å². The van der Waals surface area contributed by atoms with Gasteiger partial charge in [0.25, 0.3) is 0 Å². The van der Waals surface area contributed by atoms with E-state index in [4.69, 9.17) is 0 Å². The van der Waals surface area contributed by atoms with E-state index in [-0.39, 0.29) is 0 Å². The summed E-state index contributed by atoms with van der Waals surface area (Å²) in [5.41, 5.74) is 7.63. The molecular formula is C32H38N10. The quantitative estimate of drug-likeness (QED) is 0.227. The van der Waals surface area contributed by atoms with Gasteiger partial charge in [-0.2, -0.15) is 19.2 Å². The maximum Gasteiger partial charge on any atom is 0.187 e. The smallest absolute Gasteiger partial charge is 0.187 e. The Balaban J connectivity index is 0.000000168. The summed E-state index contributed by atoms with van der Waals surface area (Å²) in [4.78, 5) is 4.50. The summed E-state index contributed by atoms with van der Waals surface area (Å²) in [7, 11) is 0. The molecule has 0 aliphatic rings. The molecule has 2 aromatic carbocycles. The molecule has 0 fully saturated rings. The van der Waals surface area contributed by atoms with Crippen molar-refractivity contribution in [3.63, 3.8) is 0 Å². The molecule has 0 saturated heterocycles. The molecule has 4 heterocycles. The first-order valence-corrected chi connectivity index (χ1v) is 14.5. The van der Waals surface area contributed by atoms with Crippen molar-refractivity contribution in [1.29, 1.82) is 0 Å². The van der Waals surface area contributed by atoms with E-state index in [1.54, 1.807) is 0 Å². The molecule has 0 aliphatic heterocycles. The van der Waals surface area contributed by atoms with Crippen LogP contribution >= 0.6 is 0 Å². The van der Waals surface area contributed by atoms with E-state index in [2.05, 4.69) is 92.4 Å². The van der Waals surface area contributed by atoms with Crippen LogP contribution in [0.2, 0.25) is 0 Å². The van der Waals surface area contributed by atoms with E-state index in [0.29, 0.717) is 0 Å². The molecule has 6 aromatic rings. The molecule has 0 bridgehead atoms. The third-order valence-electron chi connectivity index (χ3n) is 7.42. The molecule has 0 amide bonds. The van der Waals surface area contributed by atoms with E-state index in [0.717, 1.165) is 82.8 Å². The molecule has 0 radical (unpaired) electrons. The Kier molecular flexibility index (Phi) is 8.71. The van der Waals surface area contributed by atoms with Gasteiger partial charge in [-0.15, -0.1) is 20.4 Å². The highest BCUT2D eigenvalue weighted by Crippen LogP contribution is 2.28. The van der Waals surface area contributed by atoms with Crippen LogP contribution in [0.3, 0.4) is 0 Å². The van der Waals surface area contributed by atoms with Gasteiger partial charge >= 0.3 is 0 Å². The molecule has 0 atom stereocenters. The lowest BCUT2D eigenvalue weighted by atomic mass is 10.1. The number of fused-ring (bicyclic) bond motifs is 2. The zero-order valence-electron chi connectivity index (χ0n) is 25.2. The lowest BCUT2D eigenvalue weighted by molar-refractivity contribution is 0.769. The number of aromatic nitrogens is 8. The van der Waals surface area contributed by atoms with Crippen molar-refractivity contribution in [3.8, 4) is 22.3 Å². The number of anilines is 2. The predicted molar refractivity (Wildman–Crippen MR) is 169 cm³/mol. The van der Waals surface area contributed by atoms with Gasteiger partial charge in [0.2, 0.25) is 0 Å². The summed E-state index contributed by atoms with van der Waals surface area (Å²) in [6, 6.07) is 20.4. The Labute approximate surface area is 246 Å². The molecule has 4 aromatic heterocycles. The summed E-state index contributed by atoms with van der Waals surface area (Å²) in [5, 5.41) is 26.5. The number of nitrogens with zero attached hydrogens (tertiary/aromatic N) is 10. The molecular weight excluding hydrogens is 524 g/mol. The number of aryl methyl sites for hydroxylation is 2. The maximum absolute atomic E-state index is 4.55. The second kappa shape index (κ2) is 12.8. The molecule has 42 heavy (non-hydrogen) atoms. The van der Waals surface area contributed by atoms with Crippen LogP contribution in [-0.2, 0) is 0 Å². The summed E-state index contributed by atoms with van der Waals surface area (Å²) < 4.78 is 3.80. The SMILES string of the molecule is CCN(CC)c1c(C)nnc2c(-c3ccccc3)cnn12.CCN(CC)c1c(C)nnc2c(-c3ccccc3)cnn12. The maximum atomic E-state index is 4.55. The van der Waals surface area contributed by atoms with E-state index >= 15 is 0 Å². The van der Waals surface area contributed by atoms with Crippen molar-refractivity contribution in [2.45, 2.75) is 41.5 Å². The average molecular weight is 563 g/mol. The number of hydrogen-bond donors (Lipinski definition) is 0. The standard InChI is InChI=1S/2C16H19N5/c2*1-4-20(5-2)16-12(3)18-19-15-14(11-17-21(15)16)13-9-7-6-8-10-13/h2*6-11H,4-5H2,1-3H3. The van der Waals surface area contributed by atoms with Gasteiger partial charge in [-0.3, -0.25) is 0 Å². The highest BCUT2D eigenvalue weighted by molar-refractivity contribution is 5.78. The number of benzene rings is 2. The normalized spacial score (nSPS) is 11.0. The van der Waals surface area contributed by atoms with E-state index in [9.17, 15) is 0 Å². The van der Waals surface area contributed by atoms with Gasteiger partial charge in [0.05, 0.1) is 12.4 Å². The summed E-state index contributed by atoms with van der Waals surface area (Å²) in [6.45, 7) is 16.2. The monoisotopic (exact) mass is 562 g/mol. The minimum absolute atomic E-state index is 0.800. The fourth-order valence-electron chi connectivity index (χ4n) is 5.24. The second-order valence-electron chi connectivity index (χ2n) is 9.88. The van der Waals surface area contributed by atoms with Crippen molar-refractivity contribution in [1.82, 2.24) is 39.6 Å². The molecule has 10 nitrogen and oxygen atoms in total.